The predicted octanol–water partition coefficient (Wildman–Crippen LogP) is 2.46. The average molecular weight is 274 g/mol. The summed E-state index contributed by atoms with van der Waals surface area (Å²) in [4.78, 5) is 2.60. The van der Waals surface area contributed by atoms with Crippen LogP contribution in [0.25, 0.3) is 0 Å². The van der Waals surface area contributed by atoms with E-state index >= 15 is 0 Å². The van der Waals surface area contributed by atoms with Crippen LogP contribution in [0.5, 0.6) is 5.75 Å². The Morgan fingerprint density at radius 3 is 2.85 bits per heavy atom. The number of likely N-dealkylation sites (tertiary alicyclic amines) is 1. The van der Waals surface area contributed by atoms with E-state index < -0.39 is 0 Å². The van der Waals surface area contributed by atoms with E-state index in [0.717, 1.165) is 25.3 Å². The van der Waals surface area contributed by atoms with Crippen molar-refractivity contribution in [2.75, 3.05) is 32.7 Å². The van der Waals surface area contributed by atoms with Crippen LogP contribution < -0.4 is 10.1 Å². The van der Waals surface area contributed by atoms with E-state index in [9.17, 15) is 0 Å². The lowest BCUT2D eigenvalue weighted by Gasteiger charge is -2.26. The van der Waals surface area contributed by atoms with Crippen molar-refractivity contribution in [3.8, 4) is 5.75 Å². The molecule has 2 aliphatic rings. The summed E-state index contributed by atoms with van der Waals surface area (Å²) < 4.78 is 5.93. The summed E-state index contributed by atoms with van der Waals surface area (Å²) in [5, 5.41) is 3.55. The Morgan fingerprint density at radius 2 is 2.00 bits per heavy atom. The maximum atomic E-state index is 5.93. The molecule has 3 rings (SSSR count). The quantitative estimate of drug-likeness (QED) is 0.807. The molecule has 0 saturated carbocycles. The maximum absolute atomic E-state index is 5.93. The molecule has 0 radical (unpaired) electrons. The highest BCUT2D eigenvalue weighted by Crippen LogP contribution is 2.27. The van der Waals surface area contributed by atoms with Crippen LogP contribution in [0.1, 0.15) is 31.2 Å². The van der Waals surface area contributed by atoms with E-state index in [-0.39, 0.29) is 0 Å². The van der Waals surface area contributed by atoms with Crippen molar-refractivity contribution in [2.45, 2.75) is 38.2 Å². The third-order valence-corrected chi connectivity index (χ3v) is 4.36. The van der Waals surface area contributed by atoms with Gasteiger partial charge in [0.1, 0.15) is 11.9 Å². The number of para-hydroxylation sites is 1. The molecule has 2 heterocycles. The molecule has 20 heavy (non-hydrogen) atoms. The summed E-state index contributed by atoms with van der Waals surface area (Å²) in [6, 6.07) is 8.39. The fourth-order valence-corrected chi connectivity index (χ4v) is 3.24. The maximum Gasteiger partial charge on any atom is 0.123 e. The van der Waals surface area contributed by atoms with Gasteiger partial charge in [0.15, 0.2) is 0 Å². The molecule has 3 nitrogen and oxygen atoms in total. The molecule has 0 spiro atoms. The van der Waals surface area contributed by atoms with Crippen molar-refractivity contribution in [1.82, 2.24) is 10.2 Å². The van der Waals surface area contributed by atoms with Crippen LogP contribution in [0.15, 0.2) is 24.3 Å². The predicted molar refractivity (Wildman–Crippen MR) is 82.3 cm³/mol. The number of ether oxygens (including phenoxy) is 1. The average Bonchev–Trinajstić information content (AvgIpc) is 2.90. The Morgan fingerprint density at radius 1 is 1.15 bits per heavy atom. The number of nitrogens with zero attached hydrogens (tertiary/aromatic N) is 1. The van der Waals surface area contributed by atoms with Gasteiger partial charge in [0.2, 0.25) is 0 Å². The van der Waals surface area contributed by atoms with Crippen LogP contribution in [-0.4, -0.2) is 43.7 Å². The standard InChI is InChI=1S/C17H26N2O/c1-4-10-19(11-5-1)12-6-9-18-14-16-13-15-7-2-3-8-17(15)20-16/h2-3,7-8,16,18H,1,4-6,9-14H2. The van der Waals surface area contributed by atoms with Crippen LogP contribution >= 0.6 is 0 Å². The zero-order valence-corrected chi connectivity index (χ0v) is 12.3. The van der Waals surface area contributed by atoms with E-state index in [0.29, 0.717) is 6.10 Å². The first-order chi connectivity index (χ1) is 9.92. The van der Waals surface area contributed by atoms with Gasteiger partial charge in [0.25, 0.3) is 0 Å². The van der Waals surface area contributed by atoms with Crippen molar-refractivity contribution in [3.63, 3.8) is 0 Å². The molecule has 1 aromatic rings. The molecule has 1 N–H and O–H groups in total. The lowest BCUT2D eigenvalue weighted by molar-refractivity contribution is 0.215. The molecule has 1 saturated heterocycles. The van der Waals surface area contributed by atoms with Gasteiger partial charge in [0, 0.05) is 13.0 Å². The number of piperidine rings is 1. The van der Waals surface area contributed by atoms with Gasteiger partial charge >= 0.3 is 0 Å². The molecule has 0 bridgehead atoms. The van der Waals surface area contributed by atoms with Gasteiger partial charge in [-0.05, 0) is 57.1 Å². The molecule has 0 aromatic heterocycles. The van der Waals surface area contributed by atoms with Gasteiger partial charge in [-0.25, -0.2) is 0 Å². The highest BCUT2D eigenvalue weighted by molar-refractivity contribution is 5.37. The third kappa shape index (κ3) is 3.74. The Hall–Kier alpha value is -1.06. The summed E-state index contributed by atoms with van der Waals surface area (Å²) in [6.07, 6.45) is 6.83. The lowest BCUT2D eigenvalue weighted by atomic mass is 10.1. The highest BCUT2D eigenvalue weighted by Gasteiger charge is 2.21. The largest absolute Gasteiger partial charge is 0.488 e. The van der Waals surface area contributed by atoms with Crippen molar-refractivity contribution in [1.29, 1.82) is 0 Å². The molecule has 0 aliphatic carbocycles. The summed E-state index contributed by atoms with van der Waals surface area (Å²) in [5.74, 6) is 1.08. The first-order valence-electron chi connectivity index (χ1n) is 8.09. The molecule has 2 aliphatic heterocycles. The van der Waals surface area contributed by atoms with Crippen molar-refractivity contribution in [3.05, 3.63) is 29.8 Å². The molecule has 1 aromatic carbocycles. The van der Waals surface area contributed by atoms with Gasteiger partial charge in [-0.1, -0.05) is 24.6 Å². The van der Waals surface area contributed by atoms with Gasteiger partial charge < -0.3 is 15.0 Å². The zero-order chi connectivity index (χ0) is 13.6. The molecule has 1 unspecified atom stereocenters. The topological polar surface area (TPSA) is 24.5 Å². The third-order valence-electron chi connectivity index (χ3n) is 4.36. The summed E-state index contributed by atoms with van der Waals surface area (Å²) in [6.45, 7) is 5.93. The van der Waals surface area contributed by atoms with Gasteiger partial charge in [-0.3, -0.25) is 0 Å². The fourth-order valence-electron chi connectivity index (χ4n) is 3.24. The Kier molecular flexibility index (Phi) is 4.93. The number of benzene rings is 1. The molecule has 3 heteroatoms. The number of nitrogens with one attached hydrogen (secondary N) is 1. The second-order valence-corrected chi connectivity index (χ2v) is 6.01. The first kappa shape index (κ1) is 13.9. The first-order valence-corrected chi connectivity index (χ1v) is 8.09. The molecular weight excluding hydrogens is 248 g/mol. The van der Waals surface area contributed by atoms with Crippen molar-refractivity contribution < 1.29 is 4.74 Å². The van der Waals surface area contributed by atoms with E-state index in [1.165, 1.54) is 50.9 Å². The number of rotatable bonds is 6. The molecular formula is C17H26N2O. The second-order valence-electron chi connectivity index (χ2n) is 6.01. The fraction of sp³-hybridized carbons (Fsp3) is 0.647. The van der Waals surface area contributed by atoms with Crippen LogP contribution in [0.4, 0.5) is 0 Å². The highest BCUT2D eigenvalue weighted by atomic mass is 16.5. The number of fused-ring (bicyclic) bond motifs is 1. The molecule has 1 atom stereocenters. The van der Waals surface area contributed by atoms with Gasteiger partial charge in [0.05, 0.1) is 0 Å². The number of hydrogen-bond donors (Lipinski definition) is 1. The smallest absolute Gasteiger partial charge is 0.123 e. The minimum absolute atomic E-state index is 0.322. The molecule has 1 fully saturated rings. The van der Waals surface area contributed by atoms with Crippen LogP contribution in [-0.2, 0) is 6.42 Å². The van der Waals surface area contributed by atoms with Gasteiger partial charge in [-0.2, -0.15) is 0 Å². The van der Waals surface area contributed by atoms with E-state index in [4.69, 9.17) is 4.74 Å². The monoisotopic (exact) mass is 274 g/mol. The van der Waals surface area contributed by atoms with Crippen molar-refractivity contribution >= 4 is 0 Å². The SMILES string of the molecule is c1ccc2c(c1)CC(CNCCCN1CCCCC1)O2. The van der Waals surface area contributed by atoms with Gasteiger partial charge in [-0.15, -0.1) is 0 Å². The Bertz CT molecular complexity index is 390. The molecule has 110 valence electrons. The van der Waals surface area contributed by atoms with E-state index in [1.54, 1.807) is 0 Å². The summed E-state index contributed by atoms with van der Waals surface area (Å²) in [5.41, 5.74) is 1.35. The normalized spacial score (nSPS) is 22.5. The minimum atomic E-state index is 0.322. The summed E-state index contributed by atoms with van der Waals surface area (Å²) >= 11 is 0. The zero-order valence-electron chi connectivity index (χ0n) is 12.3. The van der Waals surface area contributed by atoms with E-state index in [2.05, 4.69) is 28.4 Å². The Labute approximate surface area is 122 Å². The van der Waals surface area contributed by atoms with E-state index in [1.807, 2.05) is 6.07 Å². The van der Waals surface area contributed by atoms with Crippen molar-refractivity contribution in [2.24, 2.45) is 0 Å². The minimum Gasteiger partial charge on any atom is -0.488 e. The van der Waals surface area contributed by atoms with Crippen LogP contribution in [0.2, 0.25) is 0 Å². The lowest BCUT2D eigenvalue weighted by Crippen LogP contribution is -2.34. The number of hydrogen-bond acceptors (Lipinski definition) is 3. The second kappa shape index (κ2) is 7.09. The van der Waals surface area contributed by atoms with Crippen LogP contribution in [0.3, 0.4) is 0 Å². The van der Waals surface area contributed by atoms with Crippen LogP contribution in [0, 0.1) is 0 Å². The molecule has 0 amide bonds. The Balaban J connectivity index is 1.28. The summed E-state index contributed by atoms with van der Waals surface area (Å²) in [7, 11) is 0.